The van der Waals surface area contributed by atoms with Crippen LogP contribution in [0.1, 0.15) is 33.0 Å². The SMILES string of the molecule is NCNC(=O)c1ccc(/C=C/C(c2cc(Cl)c(Cl)c(Cl)c2)C(F)(F)F)cc1C(F)(F)F. The largest absolute Gasteiger partial charge is 0.417 e. The van der Waals surface area contributed by atoms with Crippen molar-refractivity contribution in [3.63, 3.8) is 0 Å². The number of alkyl halides is 6. The minimum absolute atomic E-state index is 0.127. The number of carbonyl (C=O) groups excluding carboxylic acids is 1. The highest BCUT2D eigenvalue weighted by Crippen LogP contribution is 2.41. The molecule has 0 heterocycles. The van der Waals surface area contributed by atoms with E-state index in [1.165, 1.54) is 0 Å². The molecular weight excluding hydrogens is 493 g/mol. The zero-order chi connectivity index (χ0) is 23.6. The van der Waals surface area contributed by atoms with Gasteiger partial charge in [0.15, 0.2) is 0 Å². The monoisotopic (exact) mass is 504 g/mol. The molecule has 0 aliphatic carbocycles. The number of nitrogens with two attached hydrogens (primary N) is 1. The van der Waals surface area contributed by atoms with Gasteiger partial charge in [-0.25, -0.2) is 0 Å². The van der Waals surface area contributed by atoms with Gasteiger partial charge in [0, 0.05) is 0 Å². The van der Waals surface area contributed by atoms with Gasteiger partial charge in [0.2, 0.25) is 0 Å². The van der Waals surface area contributed by atoms with E-state index in [1.54, 1.807) is 0 Å². The van der Waals surface area contributed by atoms with Crippen molar-refractivity contribution in [2.24, 2.45) is 5.73 Å². The summed E-state index contributed by atoms with van der Waals surface area (Å²) >= 11 is 17.3. The average Bonchev–Trinajstić information content (AvgIpc) is 2.64. The van der Waals surface area contributed by atoms with E-state index >= 15 is 0 Å². The topological polar surface area (TPSA) is 55.1 Å². The van der Waals surface area contributed by atoms with Gasteiger partial charge in [0.05, 0.1) is 38.8 Å². The molecule has 0 radical (unpaired) electrons. The normalized spacial score (nSPS) is 13.5. The Morgan fingerprint density at radius 2 is 1.61 bits per heavy atom. The summed E-state index contributed by atoms with van der Waals surface area (Å²) < 4.78 is 80.8. The molecule has 0 fully saturated rings. The Bertz CT molecular complexity index is 982. The van der Waals surface area contributed by atoms with Crippen LogP contribution in [-0.2, 0) is 6.18 Å². The van der Waals surface area contributed by atoms with Crippen LogP contribution in [0.25, 0.3) is 6.08 Å². The number of allylic oxidation sites excluding steroid dienone is 1. The van der Waals surface area contributed by atoms with Crippen molar-refractivity contribution in [1.29, 1.82) is 0 Å². The molecule has 0 saturated heterocycles. The molecule has 0 aliphatic rings. The smallest absolute Gasteiger partial charge is 0.340 e. The number of hydrogen-bond donors (Lipinski definition) is 2. The molecule has 0 spiro atoms. The van der Waals surface area contributed by atoms with E-state index < -0.39 is 42.0 Å². The maximum atomic E-state index is 13.6. The Labute approximate surface area is 187 Å². The summed E-state index contributed by atoms with van der Waals surface area (Å²) in [7, 11) is 0. The molecule has 12 heteroatoms. The second-order valence-electron chi connectivity index (χ2n) is 6.19. The van der Waals surface area contributed by atoms with Crippen LogP contribution < -0.4 is 11.1 Å². The molecule has 0 bridgehead atoms. The minimum atomic E-state index is -4.92. The standard InChI is InChI=1S/C19H13Cl3F6N2O/c20-14-6-10(7-15(21)16(14)22)12(18(23,24)25)4-2-9-1-3-11(17(31)30-8-29)13(5-9)19(26,27)28/h1-7,12H,8,29H2,(H,30,31)/b4-2+. The summed E-state index contributed by atoms with van der Waals surface area (Å²) in [5.41, 5.74) is 2.52. The molecule has 168 valence electrons. The van der Waals surface area contributed by atoms with Crippen molar-refractivity contribution in [1.82, 2.24) is 5.32 Å². The van der Waals surface area contributed by atoms with Crippen LogP contribution in [0.15, 0.2) is 36.4 Å². The van der Waals surface area contributed by atoms with Crippen molar-refractivity contribution in [3.05, 3.63) is 73.7 Å². The number of hydrogen-bond acceptors (Lipinski definition) is 2. The van der Waals surface area contributed by atoms with E-state index in [0.717, 1.165) is 30.3 Å². The van der Waals surface area contributed by atoms with E-state index in [2.05, 4.69) is 0 Å². The molecule has 0 saturated carbocycles. The van der Waals surface area contributed by atoms with Gasteiger partial charge >= 0.3 is 12.4 Å². The van der Waals surface area contributed by atoms with Gasteiger partial charge in [-0.05, 0) is 35.4 Å². The van der Waals surface area contributed by atoms with E-state index in [1.807, 2.05) is 5.32 Å². The molecule has 1 unspecified atom stereocenters. The number of nitrogens with one attached hydrogen (secondary N) is 1. The van der Waals surface area contributed by atoms with Crippen molar-refractivity contribution >= 4 is 46.8 Å². The quantitative estimate of drug-likeness (QED) is 0.271. The van der Waals surface area contributed by atoms with Crippen LogP contribution in [0.3, 0.4) is 0 Å². The third-order valence-electron chi connectivity index (χ3n) is 4.06. The second kappa shape index (κ2) is 9.68. The molecule has 3 nitrogen and oxygen atoms in total. The van der Waals surface area contributed by atoms with Crippen molar-refractivity contribution in [2.45, 2.75) is 18.3 Å². The predicted molar refractivity (Wildman–Crippen MR) is 107 cm³/mol. The van der Waals surface area contributed by atoms with Crippen LogP contribution in [0, 0.1) is 0 Å². The van der Waals surface area contributed by atoms with E-state index in [9.17, 15) is 31.1 Å². The van der Waals surface area contributed by atoms with Gasteiger partial charge in [-0.2, -0.15) is 26.3 Å². The Morgan fingerprint density at radius 3 is 2.10 bits per heavy atom. The van der Waals surface area contributed by atoms with Gasteiger partial charge in [0.25, 0.3) is 5.91 Å². The molecule has 2 rings (SSSR count). The third-order valence-corrected chi connectivity index (χ3v) is 5.25. The van der Waals surface area contributed by atoms with Crippen LogP contribution >= 0.6 is 34.8 Å². The summed E-state index contributed by atoms with van der Waals surface area (Å²) in [5.74, 6) is -3.29. The molecule has 1 atom stereocenters. The lowest BCUT2D eigenvalue weighted by atomic mass is 9.96. The lowest BCUT2D eigenvalue weighted by Crippen LogP contribution is -2.31. The maximum Gasteiger partial charge on any atom is 0.417 e. The van der Waals surface area contributed by atoms with Crippen LogP contribution in [-0.4, -0.2) is 18.8 Å². The fourth-order valence-electron chi connectivity index (χ4n) is 2.66. The molecule has 0 aliphatic heterocycles. The van der Waals surface area contributed by atoms with Crippen molar-refractivity contribution in [2.75, 3.05) is 6.67 Å². The zero-order valence-corrected chi connectivity index (χ0v) is 17.5. The first-order chi connectivity index (χ1) is 14.3. The number of carbonyl (C=O) groups is 1. The fourth-order valence-corrected chi connectivity index (χ4v) is 3.27. The number of halogens is 9. The molecule has 2 aromatic carbocycles. The Hall–Kier alpha value is -1.94. The highest BCUT2D eigenvalue weighted by molar-refractivity contribution is 6.48. The second-order valence-corrected chi connectivity index (χ2v) is 7.38. The van der Waals surface area contributed by atoms with E-state index in [0.29, 0.717) is 12.1 Å². The summed E-state index contributed by atoms with van der Waals surface area (Å²) in [4.78, 5) is 11.8. The lowest BCUT2D eigenvalue weighted by molar-refractivity contribution is -0.139. The van der Waals surface area contributed by atoms with Crippen molar-refractivity contribution < 1.29 is 31.1 Å². The first kappa shape index (κ1) is 25.3. The first-order valence-electron chi connectivity index (χ1n) is 8.34. The average molecular weight is 506 g/mol. The molecule has 31 heavy (non-hydrogen) atoms. The third kappa shape index (κ3) is 6.29. The Morgan fingerprint density at radius 1 is 1.03 bits per heavy atom. The molecular formula is C19H13Cl3F6N2O. The van der Waals surface area contributed by atoms with Gasteiger partial charge < -0.3 is 11.1 Å². The van der Waals surface area contributed by atoms with Gasteiger partial charge in [-0.1, -0.05) is 53.0 Å². The lowest BCUT2D eigenvalue weighted by Gasteiger charge is -2.18. The minimum Gasteiger partial charge on any atom is -0.340 e. The number of benzene rings is 2. The van der Waals surface area contributed by atoms with Crippen LogP contribution in [0.2, 0.25) is 15.1 Å². The predicted octanol–water partition coefficient (Wildman–Crippen LogP) is 6.67. The highest BCUT2D eigenvalue weighted by atomic mass is 35.5. The van der Waals surface area contributed by atoms with Gasteiger partial charge in [0.1, 0.15) is 0 Å². The molecule has 2 aromatic rings. The number of rotatable bonds is 5. The van der Waals surface area contributed by atoms with E-state index in [4.69, 9.17) is 40.5 Å². The maximum absolute atomic E-state index is 13.6. The molecule has 1 amide bonds. The molecule has 3 N–H and O–H groups in total. The first-order valence-corrected chi connectivity index (χ1v) is 9.48. The van der Waals surface area contributed by atoms with Gasteiger partial charge in [-0.15, -0.1) is 0 Å². The van der Waals surface area contributed by atoms with Crippen LogP contribution in [0.5, 0.6) is 0 Å². The summed E-state index contributed by atoms with van der Waals surface area (Å²) in [5, 5.41) is 1.50. The van der Waals surface area contributed by atoms with Gasteiger partial charge in [-0.3, -0.25) is 4.79 Å². The highest BCUT2D eigenvalue weighted by Gasteiger charge is 2.39. The van der Waals surface area contributed by atoms with E-state index in [-0.39, 0.29) is 26.2 Å². The molecule has 0 aromatic heterocycles. The Kier molecular flexibility index (Phi) is 7.91. The van der Waals surface area contributed by atoms with Crippen LogP contribution in [0.4, 0.5) is 26.3 Å². The summed E-state index contributed by atoms with van der Waals surface area (Å²) in [6.07, 6.45) is -8.21. The van der Waals surface area contributed by atoms with Crippen molar-refractivity contribution in [3.8, 4) is 0 Å². The summed E-state index contributed by atoms with van der Waals surface area (Å²) in [6, 6.07) is 4.44. The Balaban J connectivity index is 2.51. The summed E-state index contributed by atoms with van der Waals surface area (Å²) in [6.45, 7) is -0.392. The number of amides is 1. The fraction of sp³-hybridized carbons (Fsp3) is 0.211. The zero-order valence-electron chi connectivity index (χ0n) is 15.2.